The number of aryl methyl sites for hydroxylation is 1. The van der Waals surface area contributed by atoms with Crippen LogP contribution in [0.4, 0.5) is 4.39 Å². The molecule has 0 bridgehead atoms. The van der Waals surface area contributed by atoms with Crippen LogP contribution < -0.4 is 4.72 Å². The monoisotopic (exact) mass is 327 g/mol. The van der Waals surface area contributed by atoms with Gasteiger partial charge in [-0.15, -0.1) is 0 Å². The van der Waals surface area contributed by atoms with Gasteiger partial charge in [0.15, 0.2) is 0 Å². The summed E-state index contributed by atoms with van der Waals surface area (Å²) in [6, 6.07) is 11.2. The van der Waals surface area contributed by atoms with Gasteiger partial charge >= 0.3 is 0 Å². The van der Waals surface area contributed by atoms with E-state index in [4.69, 9.17) is 11.6 Å². The molecular weight excluding hydrogens is 313 g/mol. The summed E-state index contributed by atoms with van der Waals surface area (Å²) in [4.78, 5) is 0.0696. The van der Waals surface area contributed by atoms with Crippen molar-refractivity contribution in [3.63, 3.8) is 0 Å². The first-order valence-electron chi connectivity index (χ1n) is 6.40. The van der Waals surface area contributed by atoms with Gasteiger partial charge in [-0.1, -0.05) is 41.9 Å². The van der Waals surface area contributed by atoms with Crippen molar-refractivity contribution in [3.8, 4) is 0 Å². The van der Waals surface area contributed by atoms with E-state index >= 15 is 0 Å². The van der Waals surface area contributed by atoms with Crippen LogP contribution in [0.3, 0.4) is 0 Å². The fraction of sp³-hybridized carbons (Fsp3) is 0.200. The predicted octanol–water partition coefficient (Wildman–Crippen LogP) is 3.31. The molecule has 112 valence electrons. The van der Waals surface area contributed by atoms with Crippen molar-refractivity contribution in [1.82, 2.24) is 4.72 Å². The van der Waals surface area contributed by atoms with Crippen LogP contribution in [-0.2, 0) is 16.4 Å². The van der Waals surface area contributed by atoms with Crippen LogP contribution in [0.2, 0.25) is 5.02 Å². The highest BCUT2D eigenvalue weighted by molar-refractivity contribution is 7.89. The standard InChI is InChI=1S/C15H15ClFNO2S/c1-11-5-4-7-13(16)15(11)21(19,20)18-10-9-12-6-2-3-8-14(12)17/h2-8,18H,9-10H2,1H3. The second kappa shape index (κ2) is 6.56. The molecule has 2 aromatic rings. The summed E-state index contributed by atoms with van der Waals surface area (Å²) >= 11 is 5.96. The van der Waals surface area contributed by atoms with Crippen molar-refractivity contribution in [2.75, 3.05) is 6.54 Å². The maximum atomic E-state index is 13.5. The van der Waals surface area contributed by atoms with E-state index in [0.717, 1.165) is 0 Å². The number of benzene rings is 2. The molecule has 3 nitrogen and oxygen atoms in total. The third-order valence-corrected chi connectivity index (χ3v) is 5.17. The molecule has 0 spiro atoms. The zero-order valence-corrected chi connectivity index (χ0v) is 13.0. The first-order valence-corrected chi connectivity index (χ1v) is 8.26. The average Bonchev–Trinajstić information content (AvgIpc) is 2.40. The summed E-state index contributed by atoms with van der Waals surface area (Å²) in [6.07, 6.45) is 0.273. The van der Waals surface area contributed by atoms with Gasteiger partial charge in [0.25, 0.3) is 0 Å². The molecule has 0 amide bonds. The first kappa shape index (κ1) is 15.9. The number of hydrogen-bond acceptors (Lipinski definition) is 2. The molecule has 6 heteroatoms. The number of rotatable bonds is 5. The highest BCUT2D eigenvalue weighted by Gasteiger charge is 2.19. The Bertz CT molecular complexity index is 727. The smallest absolute Gasteiger partial charge is 0.211 e. The van der Waals surface area contributed by atoms with Gasteiger partial charge in [0.05, 0.1) is 5.02 Å². The van der Waals surface area contributed by atoms with E-state index in [1.807, 2.05) is 0 Å². The zero-order chi connectivity index (χ0) is 15.5. The van der Waals surface area contributed by atoms with Crippen molar-refractivity contribution < 1.29 is 12.8 Å². The molecule has 0 atom stereocenters. The molecule has 1 N–H and O–H groups in total. The Hall–Kier alpha value is -1.43. The van der Waals surface area contributed by atoms with Crippen LogP contribution >= 0.6 is 11.6 Å². The Kier molecular flexibility index (Phi) is 4.98. The summed E-state index contributed by atoms with van der Waals surface area (Å²) in [5, 5.41) is 0.174. The summed E-state index contributed by atoms with van der Waals surface area (Å²) in [6.45, 7) is 1.78. The maximum Gasteiger partial charge on any atom is 0.242 e. The molecule has 0 fully saturated rings. The number of nitrogens with one attached hydrogen (secondary N) is 1. The van der Waals surface area contributed by atoms with Crippen LogP contribution in [0.5, 0.6) is 0 Å². The van der Waals surface area contributed by atoms with Crippen LogP contribution in [0.25, 0.3) is 0 Å². The lowest BCUT2D eigenvalue weighted by atomic mass is 10.1. The Morgan fingerprint density at radius 3 is 2.52 bits per heavy atom. The van der Waals surface area contributed by atoms with E-state index in [2.05, 4.69) is 4.72 Å². The number of halogens is 2. The molecule has 2 rings (SSSR count). The first-order chi connectivity index (χ1) is 9.92. The van der Waals surface area contributed by atoms with Gasteiger partial charge in [-0.3, -0.25) is 0 Å². The minimum atomic E-state index is -3.71. The SMILES string of the molecule is Cc1cccc(Cl)c1S(=O)(=O)NCCc1ccccc1F. The molecule has 0 saturated carbocycles. The minimum absolute atomic E-state index is 0.0696. The molecule has 2 aromatic carbocycles. The van der Waals surface area contributed by atoms with Gasteiger partial charge in [-0.05, 0) is 36.6 Å². The summed E-state index contributed by atoms with van der Waals surface area (Å²) in [5.74, 6) is -0.342. The molecule has 0 aliphatic carbocycles. The normalized spacial score (nSPS) is 11.6. The fourth-order valence-corrected chi connectivity index (χ4v) is 3.91. The Labute approximate surface area is 128 Å². The number of sulfonamides is 1. The van der Waals surface area contributed by atoms with Crippen molar-refractivity contribution in [3.05, 3.63) is 64.4 Å². The van der Waals surface area contributed by atoms with Gasteiger partial charge < -0.3 is 0 Å². The molecule has 21 heavy (non-hydrogen) atoms. The quantitative estimate of drug-likeness (QED) is 0.915. The molecule has 0 heterocycles. The molecule has 0 unspecified atom stereocenters. The van der Waals surface area contributed by atoms with E-state index in [1.54, 1.807) is 37.3 Å². The fourth-order valence-electron chi connectivity index (χ4n) is 2.05. The highest BCUT2D eigenvalue weighted by Crippen LogP contribution is 2.24. The lowest BCUT2D eigenvalue weighted by Crippen LogP contribution is -2.27. The second-order valence-corrected chi connectivity index (χ2v) is 6.74. The summed E-state index contributed by atoms with van der Waals surface area (Å²) in [7, 11) is -3.71. The van der Waals surface area contributed by atoms with E-state index in [1.165, 1.54) is 12.1 Å². The lowest BCUT2D eigenvalue weighted by molar-refractivity contribution is 0.577. The minimum Gasteiger partial charge on any atom is -0.211 e. The van der Waals surface area contributed by atoms with E-state index in [9.17, 15) is 12.8 Å². The van der Waals surface area contributed by atoms with E-state index in [0.29, 0.717) is 11.1 Å². The third-order valence-electron chi connectivity index (χ3n) is 3.08. The van der Waals surface area contributed by atoms with E-state index < -0.39 is 10.0 Å². The van der Waals surface area contributed by atoms with Crippen LogP contribution in [0.15, 0.2) is 47.4 Å². The molecule has 0 aliphatic heterocycles. The average molecular weight is 328 g/mol. The van der Waals surface area contributed by atoms with Gasteiger partial charge in [0.1, 0.15) is 10.7 Å². The molecule has 0 aliphatic rings. The lowest BCUT2D eigenvalue weighted by Gasteiger charge is -2.11. The zero-order valence-electron chi connectivity index (χ0n) is 11.4. The largest absolute Gasteiger partial charge is 0.242 e. The Balaban J connectivity index is 2.11. The van der Waals surface area contributed by atoms with Crippen LogP contribution in [-0.4, -0.2) is 15.0 Å². The highest BCUT2D eigenvalue weighted by atomic mass is 35.5. The van der Waals surface area contributed by atoms with Crippen molar-refractivity contribution in [1.29, 1.82) is 0 Å². The molecule has 0 aromatic heterocycles. The summed E-state index contributed by atoms with van der Waals surface area (Å²) in [5.41, 5.74) is 1.04. The maximum absolute atomic E-state index is 13.5. The second-order valence-electron chi connectivity index (χ2n) is 4.63. The van der Waals surface area contributed by atoms with Gasteiger partial charge in [0.2, 0.25) is 10.0 Å². The van der Waals surface area contributed by atoms with Crippen LogP contribution in [0, 0.1) is 12.7 Å². The van der Waals surface area contributed by atoms with Gasteiger partial charge in [-0.25, -0.2) is 17.5 Å². The topological polar surface area (TPSA) is 46.2 Å². The van der Waals surface area contributed by atoms with E-state index in [-0.39, 0.29) is 28.7 Å². The van der Waals surface area contributed by atoms with Crippen molar-refractivity contribution in [2.24, 2.45) is 0 Å². The van der Waals surface area contributed by atoms with Gasteiger partial charge in [-0.2, -0.15) is 0 Å². The summed E-state index contributed by atoms with van der Waals surface area (Å²) < 4.78 is 40.4. The molecule has 0 radical (unpaired) electrons. The predicted molar refractivity (Wildman–Crippen MR) is 81.5 cm³/mol. The van der Waals surface area contributed by atoms with Crippen LogP contribution in [0.1, 0.15) is 11.1 Å². The Morgan fingerprint density at radius 1 is 1.14 bits per heavy atom. The van der Waals surface area contributed by atoms with Crippen molar-refractivity contribution >= 4 is 21.6 Å². The number of hydrogen-bond donors (Lipinski definition) is 1. The Morgan fingerprint density at radius 2 is 1.86 bits per heavy atom. The third kappa shape index (κ3) is 3.81. The molecule has 0 saturated heterocycles. The molecular formula is C15H15ClFNO2S. The van der Waals surface area contributed by atoms with Gasteiger partial charge in [0, 0.05) is 6.54 Å². The van der Waals surface area contributed by atoms with Crippen molar-refractivity contribution in [2.45, 2.75) is 18.2 Å².